The first kappa shape index (κ1) is 17.9. The third-order valence-electron chi connectivity index (χ3n) is 5.08. The zero-order chi connectivity index (χ0) is 20.3. The Labute approximate surface area is 173 Å². The highest BCUT2D eigenvalue weighted by molar-refractivity contribution is 6.18. The van der Waals surface area contributed by atoms with Crippen molar-refractivity contribution >= 4 is 5.78 Å². The van der Waals surface area contributed by atoms with Gasteiger partial charge in [-0.1, -0.05) is 96.2 Å². The fourth-order valence-corrected chi connectivity index (χ4v) is 3.62. The number of rotatable bonds is 5. The van der Waals surface area contributed by atoms with E-state index in [-0.39, 0.29) is 5.78 Å². The average molecular weight is 390 g/mol. The first-order valence-corrected chi connectivity index (χ1v) is 9.70. The number of aromatic amines is 1. The maximum absolute atomic E-state index is 13.8. The molecule has 0 unspecified atom stereocenters. The molecule has 0 aliphatic carbocycles. The quantitative estimate of drug-likeness (QED) is 0.362. The summed E-state index contributed by atoms with van der Waals surface area (Å²) in [6.07, 6.45) is 3.58. The Hall–Kier alpha value is -4.18. The molecule has 4 nitrogen and oxygen atoms in total. The molecular weight excluding hydrogens is 372 g/mol. The largest absolute Gasteiger partial charge is 0.366 e. The molecule has 0 fully saturated rings. The van der Waals surface area contributed by atoms with Crippen LogP contribution in [0, 0.1) is 0 Å². The molecule has 0 saturated carbocycles. The Morgan fingerprint density at radius 1 is 0.700 bits per heavy atom. The highest BCUT2D eigenvalue weighted by atomic mass is 16.5. The second-order valence-corrected chi connectivity index (χ2v) is 6.95. The van der Waals surface area contributed by atoms with Crippen LogP contribution in [-0.2, 0) is 0 Å². The Kier molecular flexibility index (Phi) is 4.58. The molecule has 0 radical (unpaired) electrons. The zero-order valence-corrected chi connectivity index (χ0v) is 16.1. The average Bonchev–Trinajstić information content (AvgIpc) is 3.48. The number of nitrogens with one attached hydrogen (secondary N) is 1. The highest BCUT2D eigenvalue weighted by Gasteiger charge is 2.28. The third-order valence-corrected chi connectivity index (χ3v) is 5.08. The summed E-state index contributed by atoms with van der Waals surface area (Å²) in [5.74, 6) is 0.341. The van der Waals surface area contributed by atoms with Gasteiger partial charge in [-0.15, -0.1) is 0 Å². The standard InChI is InChI=1S/C26H18N2O2/c29-25(22-17-27-16-21(22)18-10-4-1-5-11-18)23-24(19-12-6-2-7-13-19)28-30-26(23)20-14-8-3-9-15-20/h1-17,27H. The first-order chi connectivity index (χ1) is 14.8. The van der Waals surface area contributed by atoms with E-state index in [1.165, 1.54) is 0 Å². The van der Waals surface area contributed by atoms with Gasteiger partial charge in [-0.25, -0.2) is 0 Å². The van der Waals surface area contributed by atoms with E-state index in [4.69, 9.17) is 4.52 Å². The molecule has 5 rings (SSSR count). The van der Waals surface area contributed by atoms with Gasteiger partial charge in [0.2, 0.25) is 5.78 Å². The van der Waals surface area contributed by atoms with Gasteiger partial charge in [-0.05, 0) is 5.56 Å². The monoisotopic (exact) mass is 390 g/mol. The number of hydrogen-bond donors (Lipinski definition) is 1. The van der Waals surface area contributed by atoms with Crippen LogP contribution in [0.5, 0.6) is 0 Å². The minimum Gasteiger partial charge on any atom is -0.366 e. The number of benzene rings is 3. The molecule has 0 aliphatic heterocycles. The smallest absolute Gasteiger partial charge is 0.201 e. The molecule has 30 heavy (non-hydrogen) atoms. The van der Waals surface area contributed by atoms with Crippen LogP contribution in [0.1, 0.15) is 15.9 Å². The lowest BCUT2D eigenvalue weighted by Gasteiger charge is -2.06. The van der Waals surface area contributed by atoms with Crippen molar-refractivity contribution in [1.82, 2.24) is 10.1 Å². The van der Waals surface area contributed by atoms with Crippen molar-refractivity contribution in [1.29, 1.82) is 0 Å². The summed E-state index contributed by atoms with van der Waals surface area (Å²) in [4.78, 5) is 16.9. The summed E-state index contributed by atoms with van der Waals surface area (Å²) in [6, 6.07) is 29.1. The van der Waals surface area contributed by atoms with Crippen molar-refractivity contribution in [2.75, 3.05) is 0 Å². The third kappa shape index (κ3) is 3.14. The molecule has 0 amide bonds. The Morgan fingerprint density at radius 3 is 1.90 bits per heavy atom. The van der Waals surface area contributed by atoms with Gasteiger partial charge in [0.1, 0.15) is 5.69 Å². The van der Waals surface area contributed by atoms with Crippen LogP contribution in [0.2, 0.25) is 0 Å². The van der Waals surface area contributed by atoms with E-state index in [0.29, 0.717) is 22.6 Å². The number of hydrogen-bond acceptors (Lipinski definition) is 3. The molecule has 0 atom stereocenters. The van der Waals surface area contributed by atoms with Crippen molar-refractivity contribution < 1.29 is 9.32 Å². The van der Waals surface area contributed by atoms with E-state index in [0.717, 1.165) is 22.3 Å². The van der Waals surface area contributed by atoms with Crippen LogP contribution in [-0.4, -0.2) is 15.9 Å². The highest BCUT2D eigenvalue weighted by Crippen LogP contribution is 2.35. The lowest BCUT2D eigenvalue weighted by atomic mass is 9.93. The molecule has 1 N–H and O–H groups in total. The van der Waals surface area contributed by atoms with Crippen molar-refractivity contribution in [3.8, 4) is 33.7 Å². The normalized spacial score (nSPS) is 10.8. The lowest BCUT2D eigenvalue weighted by molar-refractivity contribution is 0.104. The second kappa shape index (κ2) is 7.68. The maximum Gasteiger partial charge on any atom is 0.201 e. The van der Waals surface area contributed by atoms with Gasteiger partial charge >= 0.3 is 0 Å². The molecular formula is C26H18N2O2. The van der Waals surface area contributed by atoms with Gasteiger partial charge in [-0.3, -0.25) is 4.79 Å². The van der Waals surface area contributed by atoms with E-state index in [9.17, 15) is 4.79 Å². The topological polar surface area (TPSA) is 58.9 Å². The van der Waals surface area contributed by atoms with E-state index < -0.39 is 0 Å². The van der Waals surface area contributed by atoms with Gasteiger partial charge < -0.3 is 9.51 Å². The lowest BCUT2D eigenvalue weighted by Crippen LogP contribution is -2.04. The minimum atomic E-state index is -0.131. The maximum atomic E-state index is 13.8. The SMILES string of the molecule is O=C(c1c[nH]cc1-c1ccccc1)c1c(-c2ccccc2)noc1-c1ccccc1. The van der Waals surface area contributed by atoms with Crippen LogP contribution < -0.4 is 0 Å². The van der Waals surface area contributed by atoms with Crippen molar-refractivity contribution in [2.45, 2.75) is 0 Å². The fraction of sp³-hybridized carbons (Fsp3) is 0. The van der Waals surface area contributed by atoms with E-state index >= 15 is 0 Å². The summed E-state index contributed by atoms with van der Waals surface area (Å²) < 4.78 is 5.72. The minimum absolute atomic E-state index is 0.131. The van der Waals surface area contributed by atoms with E-state index in [1.807, 2.05) is 97.2 Å². The first-order valence-electron chi connectivity index (χ1n) is 9.70. The predicted octanol–water partition coefficient (Wildman–Crippen LogP) is 6.23. The molecule has 2 aromatic heterocycles. The van der Waals surface area contributed by atoms with E-state index in [2.05, 4.69) is 10.1 Å². The summed E-state index contributed by atoms with van der Waals surface area (Å²) in [7, 11) is 0. The van der Waals surface area contributed by atoms with Gasteiger partial charge in [-0.2, -0.15) is 0 Å². The molecule has 2 heterocycles. The van der Waals surface area contributed by atoms with Gasteiger partial charge in [0.05, 0.1) is 5.56 Å². The van der Waals surface area contributed by atoms with Gasteiger partial charge in [0, 0.05) is 34.6 Å². The summed E-state index contributed by atoms with van der Waals surface area (Å²) in [6.45, 7) is 0. The number of carbonyl (C=O) groups is 1. The zero-order valence-electron chi connectivity index (χ0n) is 16.1. The van der Waals surface area contributed by atoms with Crippen molar-refractivity contribution in [2.24, 2.45) is 0 Å². The van der Waals surface area contributed by atoms with Crippen LogP contribution in [0.3, 0.4) is 0 Å². The molecule has 3 aromatic carbocycles. The van der Waals surface area contributed by atoms with Crippen LogP contribution in [0.25, 0.3) is 33.7 Å². The molecule has 5 aromatic rings. The number of ketones is 1. The molecule has 0 aliphatic rings. The number of aromatic nitrogens is 2. The second-order valence-electron chi connectivity index (χ2n) is 6.95. The molecule has 0 saturated heterocycles. The Balaban J connectivity index is 1.70. The van der Waals surface area contributed by atoms with Crippen LogP contribution >= 0.6 is 0 Å². The Bertz CT molecular complexity index is 1230. The summed E-state index contributed by atoms with van der Waals surface area (Å²) >= 11 is 0. The number of carbonyl (C=O) groups excluding carboxylic acids is 1. The molecule has 4 heteroatoms. The molecule has 0 spiro atoms. The number of H-pyrrole nitrogens is 1. The van der Waals surface area contributed by atoms with Crippen molar-refractivity contribution in [3.63, 3.8) is 0 Å². The molecule has 144 valence electrons. The van der Waals surface area contributed by atoms with Crippen LogP contribution in [0.15, 0.2) is 108 Å². The Morgan fingerprint density at radius 2 is 1.27 bits per heavy atom. The summed E-state index contributed by atoms with van der Waals surface area (Å²) in [5, 5.41) is 4.29. The fourth-order valence-electron chi connectivity index (χ4n) is 3.62. The van der Waals surface area contributed by atoms with Crippen molar-refractivity contribution in [3.05, 3.63) is 115 Å². The van der Waals surface area contributed by atoms with Crippen LogP contribution in [0.4, 0.5) is 0 Å². The van der Waals surface area contributed by atoms with Gasteiger partial charge in [0.25, 0.3) is 0 Å². The molecule has 0 bridgehead atoms. The number of nitrogens with zero attached hydrogens (tertiary/aromatic N) is 1. The summed E-state index contributed by atoms with van der Waals surface area (Å²) in [5.41, 5.74) is 5.06. The van der Waals surface area contributed by atoms with E-state index in [1.54, 1.807) is 6.20 Å². The predicted molar refractivity (Wildman–Crippen MR) is 117 cm³/mol. The van der Waals surface area contributed by atoms with Gasteiger partial charge in [0.15, 0.2) is 5.76 Å².